The molecule has 0 aliphatic carbocycles. The first-order valence-corrected chi connectivity index (χ1v) is 6.82. The molecule has 1 rings (SSSR count). The third kappa shape index (κ3) is 4.45. The molecule has 0 aliphatic heterocycles. The molecule has 1 N–H and O–H groups in total. The summed E-state index contributed by atoms with van der Waals surface area (Å²) in [7, 11) is -0.844. The molecule has 0 fully saturated rings. The predicted molar refractivity (Wildman–Crippen MR) is 67.4 cm³/mol. The zero-order valence-electron chi connectivity index (χ0n) is 10.1. The second-order valence-electron chi connectivity index (χ2n) is 4.24. The smallest absolute Gasteiger partial charge is 0.195 e. The van der Waals surface area contributed by atoms with E-state index in [-0.39, 0.29) is 0 Å². The van der Waals surface area contributed by atoms with E-state index in [1.807, 2.05) is 37.3 Å². The summed E-state index contributed by atoms with van der Waals surface area (Å²) in [6, 6.07) is 10.0. The molecular formula is C12H20O3Si. The lowest BCUT2D eigenvalue weighted by atomic mass is 10.1. The van der Waals surface area contributed by atoms with Gasteiger partial charge in [-0.05, 0) is 26.0 Å². The fourth-order valence-electron chi connectivity index (χ4n) is 1.35. The van der Waals surface area contributed by atoms with E-state index >= 15 is 0 Å². The lowest BCUT2D eigenvalue weighted by Crippen LogP contribution is -2.42. The Labute approximate surface area is 99.3 Å². The van der Waals surface area contributed by atoms with E-state index in [2.05, 4.69) is 0 Å². The Kier molecular flexibility index (Phi) is 5.14. The third-order valence-electron chi connectivity index (χ3n) is 2.14. The van der Waals surface area contributed by atoms with Crippen molar-refractivity contribution in [2.75, 3.05) is 6.61 Å². The summed E-state index contributed by atoms with van der Waals surface area (Å²) < 4.78 is 11.1. The van der Waals surface area contributed by atoms with E-state index in [0.717, 1.165) is 0 Å². The van der Waals surface area contributed by atoms with Crippen molar-refractivity contribution in [3.05, 3.63) is 30.3 Å². The molecule has 0 saturated heterocycles. The Morgan fingerprint density at radius 3 is 2.44 bits per heavy atom. The minimum atomic E-state index is -0.961. The van der Waals surface area contributed by atoms with E-state index in [4.69, 9.17) is 9.16 Å². The van der Waals surface area contributed by atoms with Crippen LogP contribution in [0, 0.1) is 0 Å². The molecule has 0 spiro atoms. The van der Waals surface area contributed by atoms with Gasteiger partial charge in [-0.3, -0.25) is 0 Å². The summed E-state index contributed by atoms with van der Waals surface area (Å²) in [6.07, 6.45) is -0.538. The molecule has 16 heavy (non-hydrogen) atoms. The highest BCUT2D eigenvalue weighted by Gasteiger charge is 2.27. The van der Waals surface area contributed by atoms with Crippen LogP contribution in [0.1, 0.15) is 20.8 Å². The average molecular weight is 240 g/mol. The second-order valence-corrected chi connectivity index (χ2v) is 5.68. The lowest BCUT2D eigenvalue weighted by Gasteiger charge is -2.29. The number of benzene rings is 1. The van der Waals surface area contributed by atoms with Crippen molar-refractivity contribution in [2.45, 2.75) is 32.7 Å². The highest BCUT2D eigenvalue weighted by atomic mass is 28.2. The zero-order chi connectivity index (χ0) is 12.0. The first-order valence-electron chi connectivity index (χ1n) is 5.53. The Morgan fingerprint density at radius 1 is 1.31 bits per heavy atom. The zero-order valence-corrected chi connectivity index (χ0v) is 11.6. The van der Waals surface area contributed by atoms with Crippen LogP contribution in [-0.4, -0.2) is 33.4 Å². The van der Waals surface area contributed by atoms with Gasteiger partial charge < -0.3 is 14.3 Å². The van der Waals surface area contributed by atoms with Gasteiger partial charge in [-0.2, -0.15) is 0 Å². The molecule has 90 valence electrons. The van der Waals surface area contributed by atoms with Crippen LogP contribution in [0.2, 0.25) is 0 Å². The van der Waals surface area contributed by atoms with Gasteiger partial charge >= 0.3 is 0 Å². The maximum absolute atomic E-state index is 9.86. The van der Waals surface area contributed by atoms with E-state index in [1.54, 1.807) is 13.8 Å². The SMILES string of the molecule is CCOC(O[SiH2]c1ccccc1)C(C)(C)O. The first-order chi connectivity index (χ1) is 7.54. The van der Waals surface area contributed by atoms with Crippen LogP contribution in [0.15, 0.2) is 30.3 Å². The Bertz CT molecular complexity index is 295. The molecule has 1 unspecified atom stereocenters. The fraction of sp³-hybridized carbons (Fsp3) is 0.500. The van der Waals surface area contributed by atoms with Crippen molar-refractivity contribution in [1.82, 2.24) is 0 Å². The van der Waals surface area contributed by atoms with Crippen LogP contribution in [0.4, 0.5) is 0 Å². The van der Waals surface area contributed by atoms with Crippen LogP contribution in [0.25, 0.3) is 0 Å². The molecule has 1 aromatic carbocycles. The number of aliphatic hydroxyl groups is 1. The Balaban J connectivity index is 2.51. The molecule has 0 bridgehead atoms. The molecule has 4 heteroatoms. The van der Waals surface area contributed by atoms with Gasteiger partial charge in [-0.25, -0.2) is 0 Å². The van der Waals surface area contributed by atoms with Crippen LogP contribution >= 0.6 is 0 Å². The third-order valence-corrected chi connectivity index (χ3v) is 3.41. The summed E-state index contributed by atoms with van der Waals surface area (Å²) in [5, 5.41) is 11.1. The largest absolute Gasteiger partial charge is 0.392 e. The quantitative estimate of drug-likeness (QED) is 0.583. The summed E-state index contributed by atoms with van der Waals surface area (Å²) in [6.45, 7) is 5.84. The van der Waals surface area contributed by atoms with Gasteiger partial charge in [0.1, 0.15) is 5.60 Å². The molecule has 0 amide bonds. The van der Waals surface area contributed by atoms with E-state index in [9.17, 15) is 5.11 Å². The van der Waals surface area contributed by atoms with Crippen LogP contribution < -0.4 is 5.19 Å². The normalized spacial score (nSPS) is 14.5. The minimum Gasteiger partial charge on any atom is -0.392 e. The summed E-state index contributed by atoms with van der Waals surface area (Å²) in [5.74, 6) is 0. The highest BCUT2D eigenvalue weighted by Crippen LogP contribution is 2.13. The molecule has 1 atom stereocenters. The average Bonchev–Trinajstić information content (AvgIpc) is 2.24. The number of rotatable bonds is 6. The fourth-order valence-corrected chi connectivity index (χ4v) is 2.67. The molecule has 0 aromatic heterocycles. The lowest BCUT2D eigenvalue weighted by molar-refractivity contribution is -0.180. The van der Waals surface area contributed by atoms with Gasteiger partial charge in [0.2, 0.25) is 0 Å². The maximum Gasteiger partial charge on any atom is 0.195 e. The monoisotopic (exact) mass is 240 g/mol. The van der Waals surface area contributed by atoms with Crippen molar-refractivity contribution in [1.29, 1.82) is 0 Å². The predicted octanol–water partition coefficient (Wildman–Crippen LogP) is 0.546. The molecule has 1 aromatic rings. The highest BCUT2D eigenvalue weighted by molar-refractivity contribution is 6.46. The number of hydrogen-bond acceptors (Lipinski definition) is 3. The van der Waals surface area contributed by atoms with Crippen molar-refractivity contribution >= 4 is 14.9 Å². The molecule has 0 heterocycles. The van der Waals surface area contributed by atoms with Gasteiger partial charge in [-0.15, -0.1) is 0 Å². The molecule has 0 saturated carbocycles. The Morgan fingerprint density at radius 2 is 1.94 bits per heavy atom. The van der Waals surface area contributed by atoms with E-state index in [0.29, 0.717) is 6.61 Å². The van der Waals surface area contributed by atoms with Gasteiger partial charge in [0, 0.05) is 6.61 Å². The Hall–Kier alpha value is -0.683. The second kappa shape index (κ2) is 6.15. The van der Waals surface area contributed by atoms with Crippen molar-refractivity contribution < 1.29 is 14.3 Å². The van der Waals surface area contributed by atoms with Gasteiger partial charge in [0.15, 0.2) is 16.1 Å². The van der Waals surface area contributed by atoms with E-state index < -0.39 is 21.7 Å². The van der Waals surface area contributed by atoms with Crippen molar-refractivity contribution in [3.8, 4) is 0 Å². The molecule has 0 radical (unpaired) electrons. The maximum atomic E-state index is 9.86. The van der Waals surface area contributed by atoms with Gasteiger partial charge in [0.25, 0.3) is 0 Å². The van der Waals surface area contributed by atoms with E-state index in [1.165, 1.54) is 5.19 Å². The minimum absolute atomic E-state index is 0.538. The topological polar surface area (TPSA) is 38.7 Å². The number of ether oxygens (including phenoxy) is 1. The van der Waals surface area contributed by atoms with Gasteiger partial charge in [0.05, 0.1) is 0 Å². The van der Waals surface area contributed by atoms with Gasteiger partial charge in [-0.1, -0.05) is 30.3 Å². The standard InChI is InChI=1S/C12H20O3Si/c1-4-14-11(12(2,3)13)15-16-10-8-6-5-7-9-10/h5-9,11,13H,4,16H2,1-3H3. The molecule has 0 aliphatic rings. The molecular weight excluding hydrogens is 220 g/mol. The van der Waals surface area contributed by atoms with Crippen molar-refractivity contribution in [3.63, 3.8) is 0 Å². The van der Waals surface area contributed by atoms with Crippen LogP contribution in [-0.2, 0) is 9.16 Å². The summed E-state index contributed by atoms with van der Waals surface area (Å²) in [5.41, 5.74) is -0.961. The first kappa shape index (κ1) is 13.4. The van der Waals surface area contributed by atoms with Crippen LogP contribution in [0.5, 0.6) is 0 Å². The summed E-state index contributed by atoms with van der Waals surface area (Å²) in [4.78, 5) is 0. The van der Waals surface area contributed by atoms with Crippen molar-refractivity contribution in [2.24, 2.45) is 0 Å². The molecule has 3 nitrogen and oxygen atoms in total. The summed E-state index contributed by atoms with van der Waals surface area (Å²) >= 11 is 0. The van der Waals surface area contributed by atoms with Crippen LogP contribution in [0.3, 0.4) is 0 Å². The number of hydrogen-bond donors (Lipinski definition) is 1.